The number of para-hydroxylation sites is 1. The molecular weight excluding hydrogens is 378 g/mol. The van der Waals surface area contributed by atoms with Crippen molar-refractivity contribution in [1.29, 1.82) is 0 Å². The van der Waals surface area contributed by atoms with Gasteiger partial charge < -0.3 is 5.11 Å². The average Bonchev–Trinajstić information content (AvgIpc) is 2.78. The van der Waals surface area contributed by atoms with Crippen molar-refractivity contribution in [3.05, 3.63) is 71.7 Å². The first-order chi connectivity index (χ1) is 14.6. The van der Waals surface area contributed by atoms with E-state index in [1.54, 1.807) is 23.1 Å². The van der Waals surface area contributed by atoms with Gasteiger partial charge in [-0.3, -0.25) is 14.7 Å². The van der Waals surface area contributed by atoms with Crippen molar-refractivity contribution in [3.63, 3.8) is 0 Å². The minimum absolute atomic E-state index is 0.144. The zero-order valence-corrected chi connectivity index (χ0v) is 16.6. The highest BCUT2D eigenvalue weighted by Crippen LogP contribution is 2.33. The first-order valence-electron chi connectivity index (χ1n) is 9.70. The number of aliphatic imine (C=N–C) groups is 1. The summed E-state index contributed by atoms with van der Waals surface area (Å²) in [4.78, 5) is 32.1. The number of hydrogen-bond acceptors (Lipinski definition) is 6. The molecule has 1 amide bonds. The van der Waals surface area contributed by atoms with Gasteiger partial charge in [0.05, 0.1) is 11.1 Å². The van der Waals surface area contributed by atoms with Gasteiger partial charge in [-0.25, -0.2) is 9.97 Å². The van der Waals surface area contributed by atoms with Crippen LogP contribution in [0.4, 0.5) is 5.82 Å². The van der Waals surface area contributed by atoms with Crippen LogP contribution >= 0.6 is 0 Å². The number of allylic oxidation sites excluding steroid dienone is 3. The second-order valence-electron chi connectivity index (χ2n) is 6.86. The van der Waals surface area contributed by atoms with Crippen molar-refractivity contribution in [1.82, 2.24) is 15.0 Å². The van der Waals surface area contributed by atoms with Gasteiger partial charge >= 0.3 is 0 Å². The fourth-order valence-corrected chi connectivity index (χ4v) is 3.45. The van der Waals surface area contributed by atoms with Gasteiger partial charge in [0, 0.05) is 11.9 Å². The zero-order valence-electron chi connectivity index (χ0n) is 16.6. The molecule has 150 valence electrons. The van der Waals surface area contributed by atoms with Crippen LogP contribution in [0, 0.1) is 0 Å². The van der Waals surface area contributed by atoms with E-state index >= 15 is 0 Å². The molecule has 0 spiro atoms. The molecular formula is C23H21N5O2. The molecule has 0 saturated heterocycles. The number of aromatic nitrogens is 3. The lowest BCUT2D eigenvalue weighted by Gasteiger charge is -2.28. The highest BCUT2D eigenvalue weighted by molar-refractivity contribution is 6.06. The largest absolute Gasteiger partial charge is 0.493 e. The quantitative estimate of drug-likeness (QED) is 0.530. The van der Waals surface area contributed by atoms with Crippen LogP contribution in [0.5, 0.6) is 5.88 Å². The van der Waals surface area contributed by atoms with Crippen LogP contribution in [0.3, 0.4) is 0 Å². The molecule has 0 aliphatic carbocycles. The van der Waals surface area contributed by atoms with E-state index in [9.17, 15) is 9.90 Å². The maximum Gasteiger partial charge on any atom is 0.278 e. The molecule has 3 aromatic rings. The topological polar surface area (TPSA) is 91.6 Å². The number of benzene rings is 1. The van der Waals surface area contributed by atoms with E-state index < -0.39 is 0 Å². The van der Waals surface area contributed by atoms with Crippen LogP contribution in [-0.4, -0.2) is 39.2 Å². The average molecular weight is 399 g/mol. The minimum atomic E-state index is -0.267. The van der Waals surface area contributed by atoms with Gasteiger partial charge in [-0.1, -0.05) is 36.4 Å². The Bertz CT molecular complexity index is 1200. The second-order valence-corrected chi connectivity index (χ2v) is 6.86. The summed E-state index contributed by atoms with van der Waals surface area (Å²) in [5, 5.41) is 11.5. The highest BCUT2D eigenvalue weighted by atomic mass is 16.3. The number of fused-ring (bicyclic) bond motifs is 2. The number of carbonyl (C=O) groups is 1. The molecule has 1 N–H and O–H groups in total. The third-order valence-corrected chi connectivity index (χ3v) is 4.94. The van der Waals surface area contributed by atoms with Crippen LogP contribution in [0.15, 0.2) is 59.6 Å². The molecule has 7 nitrogen and oxygen atoms in total. The molecule has 0 unspecified atom stereocenters. The van der Waals surface area contributed by atoms with Crippen molar-refractivity contribution in [2.45, 2.75) is 19.8 Å². The van der Waals surface area contributed by atoms with Gasteiger partial charge in [0.25, 0.3) is 5.91 Å². The van der Waals surface area contributed by atoms with Gasteiger partial charge in [-0.05, 0) is 44.7 Å². The fraction of sp³-hybridized carbons (Fsp3) is 0.174. The number of carbonyl (C=O) groups excluding carboxylic acids is 1. The summed E-state index contributed by atoms with van der Waals surface area (Å²) in [7, 11) is 0. The molecule has 1 aliphatic heterocycles. The molecule has 0 saturated carbocycles. The molecule has 3 heterocycles. The Kier molecular flexibility index (Phi) is 5.34. The predicted octanol–water partition coefficient (Wildman–Crippen LogP) is 3.94. The van der Waals surface area contributed by atoms with E-state index in [-0.39, 0.29) is 17.6 Å². The highest BCUT2D eigenvalue weighted by Gasteiger charge is 2.29. The van der Waals surface area contributed by atoms with E-state index in [0.717, 1.165) is 10.9 Å². The Balaban J connectivity index is 1.78. The number of pyridine rings is 1. The van der Waals surface area contributed by atoms with Crippen molar-refractivity contribution in [2.75, 3.05) is 11.4 Å². The van der Waals surface area contributed by atoms with Gasteiger partial charge in [0.2, 0.25) is 5.88 Å². The molecule has 0 bridgehead atoms. The molecule has 2 aromatic heterocycles. The van der Waals surface area contributed by atoms with Crippen LogP contribution in [0.25, 0.3) is 16.6 Å². The maximum absolute atomic E-state index is 13.3. The van der Waals surface area contributed by atoms with Crippen molar-refractivity contribution < 1.29 is 9.90 Å². The standard InChI is InChI=1S/C23H21N5O2/c1-3-4-10-18(24-2)20-26-21-16(22(29)27-20)9-7-14-28(21)23(30)19-13-12-15-8-5-6-11-17(15)25-19/h3-6,8,10-13H,2,7,9,14H2,1H3,(H,26,27,29)/b4-3-,18-10-. The fourth-order valence-electron chi connectivity index (χ4n) is 3.45. The summed E-state index contributed by atoms with van der Waals surface area (Å²) >= 11 is 0. The normalized spacial score (nSPS) is 14.2. The SMILES string of the molecule is C=N/C(=C\C=C/C)c1nc(O)c2c(n1)N(C(=O)c1ccc3ccccc3n1)CCC2. The van der Waals surface area contributed by atoms with Crippen LogP contribution in [-0.2, 0) is 6.42 Å². The lowest BCUT2D eigenvalue weighted by Crippen LogP contribution is -2.37. The molecule has 1 aromatic carbocycles. The van der Waals surface area contributed by atoms with E-state index in [1.165, 1.54) is 0 Å². The van der Waals surface area contributed by atoms with Gasteiger partial charge in [0.1, 0.15) is 17.2 Å². The smallest absolute Gasteiger partial charge is 0.278 e. The second kappa shape index (κ2) is 8.24. The molecule has 30 heavy (non-hydrogen) atoms. The summed E-state index contributed by atoms with van der Waals surface area (Å²) in [6.07, 6.45) is 6.61. The first-order valence-corrected chi connectivity index (χ1v) is 9.70. The molecule has 1 aliphatic rings. The maximum atomic E-state index is 13.3. The summed E-state index contributed by atoms with van der Waals surface area (Å²) < 4.78 is 0. The number of amides is 1. The summed E-state index contributed by atoms with van der Waals surface area (Å²) in [6.45, 7) is 5.91. The van der Waals surface area contributed by atoms with Crippen molar-refractivity contribution >= 4 is 35.0 Å². The Labute approximate surface area is 174 Å². The number of nitrogens with zero attached hydrogens (tertiary/aromatic N) is 5. The first kappa shape index (κ1) is 19.4. The number of aromatic hydroxyl groups is 1. The third kappa shape index (κ3) is 3.57. The summed E-state index contributed by atoms with van der Waals surface area (Å²) in [5.41, 5.74) is 2.04. The Hall–Kier alpha value is -3.87. The lowest BCUT2D eigenvalue weighted by atomic mass is 10.1. The van der Waals surface area contributed by atoms with Crippen molar-refractivity contribution in [3.8, 4) is 5.88 Å². The number of rotatable bonds is 4. The third-order valence-electron chi connectivity index (χ3n) is 4.94. The van der Waals surface area contributed by atoms with Gasteiger partial charge in [-0.2, -0.15) is 4.98 Å². The molecule has 0 radical (unpaired) electrons. The van der Waals surface area contributed by atoms with Crippen molar-refractivity contribution in [2.24, 2.45) is 4.99 Å². The number of anilines is 1. The predicted molar refractivity (Wildman–Crippen MR) is 118 cm³/mol. The number of hydrogen-bond donors (Lipinski definition) is 1. The zero-order chi connectivity index (χ0) is 21.1. The molecule has 7 heteroatoms. The Morgan fingerprint density at radius 1 is 1.20 bits per heavy atom. The molecule has 0 atom stereocenters. The van der Waals surface area contributed by atoms with Gasteiger partial charge in [-0.15, -0.1) is 0 Å². The summed E-state index contributed by atoms with van der Waals surface area (Å²) in [5.74, 6) is 0.189. The molecule has 0 fully saturated rings. The summed E-state index contributed by atoms with van der Waals surface area (Å²) in [6, 6.07) is 11.2. The molecule has 4 rings (SSSR count). The van der Waals surface area contributed by atoms with Crippen LogP contribution in [0.2, 0.25) is 0 Å². The van der Waals surface area contributed by atoms with E-state index in [1.807, 2.05) is 43.3 Å². The Morgan fingerprint density at radius 3 is 2.83 bits per heavy atom. The monoisotopic (exact) mass is 399 g/mol. The van der Waals surface area contributed by atoms with Gasteiger partial charge in [0.15, 0.2) is 5.82 Å². The minimum Gasteiger partial charge on any atom is -0.493 e. The van der Waals surface area contributed by atoms with E-state index in [0.29, 0.717) is 42.2 Å². The van der Waals surface area contributed by atoms with Crippen LogP contribution < -0.4 is 4.90 Å². The van der Waals surface area contributed by atoms with Crippen LogP contribution in [0.1, 0.15) is 35.2 Å². The lowest BCUT2D eigenvalue weighted by molar-refractivity contribution is 0.0979. The Morgan fingerprint density at radius 2 is 2.03 bits per heavy atom. The van der Waals surface area contributed by atoms with E-state index in [4.69, 9.17) is 0 Å². The van der Waals surface area contributed by atoms with E-state index in [2.05, 4.69) is 26.7 Å².